The predicted octanol–water partition coefficient (Wildman–Crippen LogP) is 2.05. The highest BCUT2D eigenvalue weighted by atomic mass is 16.1. The average Bonchev–Trinajstić information content (AvgIpc) is 3.33. The number of rotatable bonds is 6. The van der Waals surface area contributed by atoms with Crippen molar-refractivity contribution in [2.24, 2.45) is 0 Å². The van der Waals surface area contributed by atoms with Crippen LogP contribution < -0.4 is 5.32 Å². The maximum atomic E-state index is 12.4. The number of aromatic nitrogens is 7. The number of hydrogen-bond donors (Lipinski definition) is 2. The van der Waals surface area contributed by atoms with E-state index in [1.165, 1.54) is 0 Å². The molecule has 146 valence electrons. The standard InChI is InChI=1S/C20H20N8O/c1-13-9-14(2)28(27-13)12-15-3-5-16(6-4-15)20(29)23-11-18-24-19(26-25-18)17-10-21-7-8-22-17/h3-10H,11-12H2,1-2H3,(H,23,29)(H,24,25,26). The molecule has 1 aromatic carbocycles. The Morgan fingerprint density at radius 2 is 2.00 bits per heavy atom. The maximum Gasteiger partial charge on any atom is 0.251 e. The summed E-state index contributed by atoms with van der Waals surface area (Å²) in [5.74, 6) is 0.802. The van der Waals surface area contributed by atoms with Crippen molar-refractivity contribution in [2.75, 3.05) is 0 Å². The third-order valence-electron chi connectivity index (χ3n) is 4.39. The van der Waals surface area contributed by atoms with Crippen molar-refractivity contribution < 1.29 is 4.79 Å². The van der Waals surface area contributed by atoms with Crippen LogP contribution in [0.2, 0.25) is 0 Å². The molecule has 0 saturated carbocycles. The molecular weight excluding hydrogens is 368 g/mol. The van der Waals surface area contributed by atoms with Gasteiger partial charge in [0.1, 0.15) is 11.5 Å². The minimum absolute atomic E-state index is 0.180. The highest BCUT2D eigenvalue weighted by Gasteiger charge is 2.10. The van der Waals surface area contributed by atoms with Gasteiger partial charge in [0.25, 0.3) is 5.91 Å². The molecule has 0 aliphatic rings. The Morgan fingerprint density at radius 3 is 2.69 bits per heavy atom. The molecule has 0 fully saturated rings. The lowest BCUT2D eigenvalue weighted by atomic mass is 10.1. The summed E-state index contributed by atoms with van der Waals surface area (Å²) in [4.78, 5) is 24.9. The van der Waals surface area contributed by atoms with Gasteiger partial charge < -0.3 is 5.32 Å². The summed E-state index contributed by atoms with van der Waals surface area (Å²) >= 11 is 0. The first-order chi connectivity index (χ1) is 14.1. The fourth-order valence-corrected chi connectivity index (χ4v) is 2.94. The number of aromatic amines is 1. The van der Waals surface area contributed by atoms with E-state index < -0.39 is 0 Å². The molecule has 0 aliphatic carbocycles. The van der Waals surface area contributed by atoms with E-state index in [9.17, 15) is 4.79 Å². The van der Waals surface area contributed by atoms with Crippen LogP contribution in [0, 0.1) is 13.8 Å². The molecule has 9 heteroatoms. The van der Waals surface area contributed by atoms with Gasteiger partial charge in [0.2, 0.25) is 5.82 Å². The van der Waals surface area contributed by atoms with E-state index in [0.717, 1.165) is 17.0 Å². The second-order valence-electron chi connectivity index (χ2n) is 6.66. The van der Waals surface area contributed by atoms with Crippen LogP contribution in [0.15, 0.2) is 48.9 Å². The van der Waals surface area contributed by atoms with E-state index in [-0.39, 0.29) is 12.5 Å². The third kappa shape index (κ3) is 4.34. The van der Waals surface area contributed by atoms with Crippen LogP contribution in [0.1, 0.15) is 33.1 Å². The van der Waals surface area contributed by atoms with Gasteiger partial charge in [-0.15, -0.1) is 0 Å². The second-order valence-corrected chi connectivity index (χ2v) is 6.66. The van der Waals surface area contributed by atoms with Crippen LogP contribution in [0.5, 0.6) is 0 Å². The van der Waals surface area contributed by atoms with Crippen molar-refractivity contribution in [2.45, 2.75) is 26.9 Å². The lowest BCUT2D eigenvalue weighted by Crippen LogP contribution is -2.23. The number of benzene rings is 1. The number of nitrogens with one attached hydrogen (secondary N) is 2. The van der Waals surface area contributed by atoms with Crippen molar-refractivity contribution in [3.8, 4) is 11.5 Å². The van der Waals surface area contributed by atoms with Crippen LogP contribution in [-0.2, 0) is 13.1 Å². The number of amides is 1. The molecule has 4 rings (SSSR count). The van der Waals surface area contributed by atoms with Gasteiger partial charge in [0, 0.05) is 23.7 Å². The Morgan fingerprint density at radius 1 is 1.17 bits per heavy atom. The molecule has 4 aromatic rings. The molecule has 0 atom stereocenters. The summed E-state index contributed by atoms with van der Waals surface area (Å²) in [6.45, 7) is 4.91. The molecule has 3 aromatic heterocycles. The monoisotopic (exact) mass is 388 g/mol. The number of hydrogen-bond acceptors (Lipinski definition) is 6. The molecule has 0 aliphatic heterocycles. The maximum absolute atomic E-state index is 12.4. The number of carbonyl (C=O) groups is 1. The van der Waals surface area contributed by atoms with Crippen LogP contribution in [0.3, 0.4) is 0 Å². The first-order valence-electron chi connectivity index (χ1n) is 9.14. The summed E-state index contributed by atoms with van der Waals surface area (Å²) in [5, 5.41) is 14.2. The van der Waals surface area contributed by atoms with Gasteiger partial charge >= 0.3 is 0 Å². The quantitative estimate of drug-likeness (QED) is 0.522. The average molecular weight is 388 g/mol. The smallest absolute Gasteiger partial charge is 0.251 e. The van der Waals surface area contributed by atoms with Gasteiger partial charge in [-0.05, 0) is 37.6 Å². The second kappa shape index (κ2) is 8.01. The zero-order chi connectivity index (χ0) is 20.2. The molecule has 2 N–H and O–H groups in total. The van der Waals surface area contributed by atoms with Gasteiger partial charge in [-0.1, -0.05) is 12.1 Å². The minimum atomic E-state index is -0.180. The molecule has 29 heavy (non-hydrogen) atoms. The Balaban J connectivity index is 1.35. The number of H-pyrrole nitrogens is 1. The van der Waals surface area contributed by atoms with E-state index in [2.05, 4.69) is 35.6 Å². The van der Waals surface area contributed by atoms with E-state index in [4.69, 9.17) is 0 Å². The van der Waals surface area contributed by atoms with Crippen molar-refractivity contribution >= 4 is 5.91 Å². The molecule has 0 radical (unpaired) electrons. The molecule has 0 unspecified atom stereocenters. The first kappa shape index (κ1) is 18.5. The van der Waals surface area contributed by atoms with Crippen molar-refractivity contribution in [1.29, 1.82) is 0 Å². The molecule has 0 saturated heterocycles. The largest absolute Gasteiger partial charge is 0.345 e. The third-order valence-corrected chi connectivity index (χ3v) is 4.39. The van der Waals surface area contributed by atoms with Crippen molar-refractivity contribution in [3.05, 3.63) is 77.3 Å². The summed E-state index contributed by atoms with van der Waals surface area (Å²) in [6.07, 6.45) is 4.74. The molecule has 0 spiro atoms. The highest BCUT2D eigenvalue weighted by molar-refractivity contribution is 5.94. The predicted molar refractivity (Wildman–Crippen MR) is 106 cm³/mol. The van der Waals surface area contributed by atoms with Crippen LogP contribution in [0.25, 0.3) is 11.5 Å². The van der Waals surface area contributed by atoms with Gasteiger partial charge in [-0.2, -0.15) is 10.2 Å². The van der Waals surface area contributed by atoms with Crippen molar-refractivity contribution in [3.63, 3.8) is 0 Å². The van der Waals surface area contributed by atoms with Gasteiger partial charge in [0.15, 0.2) is 0 Å². The summed E-state index contributed by atoms with van der Waals surface area (Å²) in [5.41, 5.74) is 4.33. The Bertz CT molecular complexity index is 1120. The summed E-state index contributed by atoms with van der Waals surface area (Å²) in [6, 6.07) is 9.53. The molecule has 1 amide bonds. The van der Waals surface area contributed by atoms with Crippen LogP contribution >= 0.6 is 0 Å². The van der Waals surface area contributed by atoms with E-state index in [0.29, 0.717) is 29.5 Å². The topological polar surface area (TPSA) is 114 Å². The molecule has 0 bridgehead atoms. The lowest BCUT2D eigenvalue weighted by Gasteiger charge is -2.07. The Kier molecular flexibility index (Phi) is 5.10. The minimum Gasteiger partial charge on any atom is -0.345 e. The van der Waals surface area contributed by atoms with Gasteiger partial charge in [-0.25, -0.2) is 9.97 Å². The Hall–Kier alpha value is -3.88. The zero-order valence-corrected chi connectivity index (χ0v) is 16.1. The van der Waals surface area contributed by atoms with Gasteiger partial charge in [-0.3, -0.25) is 19.6 Å². The Labute approximate surface area is 167 Å². The zero-order valence-electron chi connectivity index (χ0n) is 16.1. The van der Waals surface area contributed by atoms with Crippen molar-refractivity contribution in [1.82, 2.24) is 40.2 Å². The number of carbonyl (C=O) groups excluding carboxylic acids is 1. The van der Waals surface area contributed by atoms with Crippen LogP contribution in [-0.4, -0.2) is 40.8 Å². The molecular formula is C20H20N8O. The van der Waals surface area contributed by atoms with Crippen LogP contribution in [0.4, 0.5) is 0 Å². The number of aryl methyl sites for hydroxylation is 2. The fraction of sp³-hybridized carbons (Fsp3) is 0.200. The summed E-state index contributed by atoms with van der Waals surface area (Å²) in [7, 11) is 0. The normalized spacial score (nSPS) is 10.8. The lowest BCUT2D eigenvalue weighted by molar-refractivity contribution is 0.0950. The first-order valence-corrected chi connectivity index (χ1v) is 9.14. The SMILES string of the molecule is Cc1cc(C)n(Cc2ccc(C(=O)NCc3nc(-c4cnccn4)n[nH]3)cc2)n1. The molecule has 9 nitrogen and oxygen atoms in total. The van der Waals surface area contributed by atoms with E-state index in [1.54, 1.807) is 18.6 Å². The number of nitrogens with zero attached hydrogens (tertiary/aromatic N) is 6. The molecule has 3 heterocycles. The fourth-order valence-electron chi connectivity index (χ4n) is 2.94. The highest BCUT2D eigenvalue weighted by Crippen LogP contribution is 2.11. The summed E-state index contributed by atoms with van der Waals surface area (Å²) < 4.78 is 1.95. The van der Waals surface area contributed by atoms with E-state index in [1.807, 2.05) is 48.9 Å². The van der Waals surface area contributed by atoms with E-state index >= 15 is 0 Å². The van der Waals surface area contributed by atoms with Gasteiger partial charge in [0.05, 0.1) is 25.0 Å².